The van der Waals surface area contributed by atoms with E-state index in [4.69, 9.17) is 16.0 Å². The average Bonchev–Trinajstić information content (AvgIpc) is 2.56. The molecule has 2 aromatic rings. The van der Waals surface area contributed by atoms with Crippen LogP contribution < -0.4 is 0 Å². The second-order valence-corrected chi connectivity index (χ2v) is 3.56. The Bertz CT molecular complexity index is 409. The largest absolute Gasteiger partial charge is 0.464 e. The third-order valence-electron chi connectivity index (χ3n) is 1.75. The minimum absolute atomic E-state index is 0.681. The number of benzene rings is 1. The standard InChI is InChI=1S/C10H7ClOS/c11-7-3-4-8(10(13)6-7)9-2-1-5-12-9/h1-6,13H. The summed E-state index contributed by atoms with van der Waals surface area (Å²) in [4.78, 5) is 0.822. The van der Waals surface area contributed by atoms with E-state index in [2.05, 4.69) is 12.6 Å². The predicted octanol–water partition coefficient (Wildman–Crippen LogP) is 3.89. The van der Waals surface area contributed by atoms with Gasteiger partial charge in [0, 0.05) is 15.5 Å². The number of rotatable bonds is 1. The monoisotopic (exact) mass is 210 g/mol. The molecule has 1 heterocycles. The van der Waals surface area contributed by atoms with E-state index < -0.39 is 0 Å². The van der Waals surface area contributed by atoms with Gasteiger partial charge in [0.25, 0.3) is 0 Å². The van der Waals surface area contributed by atoms with Crippen LogP contribution in [0.1, 0.15) is 0 Å². The van der Waals surface area contributed by atoms with Gasteiger partial charge in [-0.15, -0.1) is 12.6 Å². The molecule has 1 aromatic carbocycles. The van der Waals surface area contributed by atoms with Crippen molar-refractivity contribution in [1.82, 2.24) is 0 Å². The van der Waals surface area contributed by atoms with Gasteiger partial charge in [-0.25, -0.2) is 0 Å². The molecule has 0 saturated heterocycles. The van der Waals surface area contributed by atoms with Crippen LogP contribution >= 0.6 is 24.2 Å². The Morgan fingerprint density at radius 3 is 2.69 bits per heavy atom. The van der Waals surface area contributed by atoms with E-state index in [1.165, 1.54) is 0 Å². The average molecular weight is 211 g/mol. The van der Waals surface area contributed by atoms with Gasteiger partial charge in [-0.3, -0.25) is 0 Å². The van der Waals surface area contributed by atoms with Gasteiger partial charge in [0.05, 0.1) is 6.26 Å². The van der Waals surface area contributed by atoms with Crippen molar-refractivity contribution in [3.8, 4) is 11.3 Å². The highest BCUT2D eigenvalue weighted by Gasteiger charge is 2.04. The highest BCUT2D eigenvalue weighted by Crippen LogP contribution is 2.28. The molecule has 1 aromatic heterocycles. The molecule has 0 spiro atoms. The molecule has 13 heavy (non-hydrogen) atoms. The van der Waals surface area contributed by atoms with Crippen molar-refractivity contribution < 1.29 is 4.42 Å². The Morgan fingerprint density at radius 1 is 1.23 bits per heavy atom. The van der Waals surface area contributed by atoms with E-state index in [0.717, 1.165) is 16.2 Å². The molecule has 0 atom stereocenters. The Balaban J connectivity index is 2.53. The molecule has 0 aliphatic carbocycles. The first kappa shape index (κ1) is 8.73. The van der Waals surface area contributed by atoms with E-state index in [0.29, 0.717) is 5.02 Å². The van der Waals surface area contributed by atoms with E-state index in [-0.39, 0.29) is 0 Å². The van der Waals surface area contributed by atoms with Gasteiger partial charge in [-0.05, 0) is 30.3 Å². The van der Waals surface area contributed by atoms with Gasteiger partial charge >= 0.3 is 0 Å². The van der Waals surface area contributed by atoms with Crippen LogP contribution in [-0.4, -0.2) is 0 Å². The van der Waals surface area contributed by atoms with Crippen LogP contribution in [0.5, 0.6) is 0 Å². The first-order chi connectivity index (χ1) is 6.27. The molecule has 66 valence electrons. The Hall–Kier alpha value is -0.860. The minimum atomic E-state index is 0.681. The molecule has 0 bridgehead atoms. The van der Waals surface area contributed by atoms with Crippen molar-refractivity contribution in [3.63, 3.8) is 0 Å². The summed E-state index contributed by atoms with van der Waals surface area (Å²) in [6, 6.07) is 9.24. The lowest BCUT2D eigenvalue weighted by Crippen LogP contribution is -1.76. The fourth-order valence-corrected chi connectivity index (χ4v) is 1.72. The lowest BCUT2D eigenvalue weighted by molar-refractivity contribution is 0.581. The van der Waals surface area contributed by atoms with Gasteiger partial charge < -0.3 is 4.42 Å². The molecule has 0 unspecified atom stereocenters. The molecule has 0 aliphatic heterocycles. The Kier molecular flexibility index (Phi) is 2.34. The highest BCUT2D eigenvalue weighted by molar-refractivity contribution is 7.80. The minimum Gasteiger partial charge on any atom is -0.464 e. The van der Waals surface area contributed by atoms with Crippen LogP contribution in [0.25, 0.3) is 11.3 Å². The molecule has 0 saturated carbocycles. The molecule has 0 aliphatic rings. The summed E-state index contributed by atoms with van der Waals surface area (Å²) in [6.07, 6.45) is 1.64. The first-order valence-corrected chi connectivity index (χ1v) is 4.62. The number of hydrogen-bond donors (Lipinski definition) is 1. The van der Waals surface area contributed by atoms with Crippen LogP contribution in [0.4, 0.5) is 0 Å². The van der Waals surface area contributed by atoms with Crippen molar-refractivity contribution in [2.45, 2.75) is 4.90 Å². The lowest BCUT2D eigenvalue weighted by atomic mass is 10.2. The van der Waals surface area contributed by atoms with Crippen molar-refractivity contribution in [1.29, 1.82) is 0 Å². The third-order valence-corrected chi connectivity index (χ3v) is 2.35. The number of hydrogen-bond acceptors (Lipinski definition) is 2. The molecular weight excluding hydrogens is 204 g/mol. The smallest absolute Gasteiger partial charge is 0.134 e. The van der Waals surface area contributed by atoms with E-state index in [9.17, 15) is 0 Å². The van der Waals surface area contributed by atoms with Crippen LogP contribution in [0.15, 0.2) is 45.9 Å². The zero-order valence-corrected chi connectivity index (χ0v) is 8.35. The molecule has 1 nitrogen and oxygen atoms in total. The Labute approximate surface area is 86.7 Å². The van der Waals surface area contributed by atoms with Gasteiger partial charge in [0.1, 0.15) is 5.76 Å². The van der Waals surface area contributed by atoms with Gasteiger partial charge in [0.2, 0.25) is 0 Å². The van der Waals surface area contributed by atoms with Gasteiger partial charge in [0.15, 0.2) is 0 Å². The summed E-state index contributed by atoms with van der Waals surface area (Å²) in [7, 11) is 0. The van der Waals surface area contributed by atoms with Gasteiger partial charge in [-0.2, -0.15) is 0 Å². The van der Waals surface area contributed by atoms with Crippen molar-refractivity contribution in [2.75, 3.05) is 0 Å². The van der Waals surface area contributed by atoms with Gasteiger partial charge in [-0.1, -0.05) is 11.6 Å². The number of furan rings is 1. The summed E-state index contributed by atoms with van der Waals surface area (Å²) in [5.41, 5.74) is 0.956. The summed E-state index contributed by atoms with van der Waals surface area (Å²) >= 11 is 10.1. The summed E-state index contributed by atoms with van der Waals surface area (Å²) in [5.74, 6) is 0.807. The molecule has 0 radical (unpaired) electrons. The molecule has 0 fully saturated rings. The highest BCUT2D eigenvalue weighted by atomic mass is 35.5. The SMILES string of the molecule is Sc1cc(Cl)ccc1-c1ccco1. The van der Waals surface area contributed by atoms with Crippen LogP contribution in [0, 0.1) is 0 Å². The zero-order chi connectivity index (χ0) is 9.26. The van der Waals surface area contributed by atoms with E-state index in [1.807, 2.05) is 24.3 Å². The number of thiol groups is 1. The van der Waals surface area contributed by atoms with Crippen LogP contribution in [0.2, 0.25) is 5.02 Å². The zero-order valence-electron chi connectivity index (χ0n) is 6.70. The predicted molar refractivity (Wildman–Crippen MR) is 56.4 cm³/mol. The molecule has 3 heteroatoms. The maximum atomic E-state index is 5.80. The van der Waals surface area contributed by atoms with Crippen LogP contribution in [0.3, 0.4) is 0 Å². The van der Waals surface area contributed by atoms with E-state index in [1.54, 1.807) is 12.3 Å². The molecule has 0 amide bonds. The van der Waals surface area contributed by atoms with Crippen molar-refractivity contribution in [3.05, 3.63) is 41.6 Å². The second-order valence-electron chi connectivity index (χ2n) is 2.64. The maximum Gasteiger partial charge on any atom is 0.134 e. The summed E-state index contributed by atoms with van der Waals surface area (Å²) < 4.78 is 5.25. The number of halogens is 1. The van der Waals surface area contributed by atoms with E-state index >= 15 is 0 Å². The molecule has 0 N–H and O–H groups in total. The summed E-state index contributed by atoms with van der Waals surface area (Å²) in [5, 5.41) is 0.681. The summed E-state index contributed by atoms with van der Waals surface area (Å²) in [6.45, 7) is 0. The second kappa shape index (κ2) is 3.48. The van der Waals surface area contributed by atoms with Crippen LogP contribution in [-0.2, 0) is 0 Å². The lowest BCUT2D eigenvalue weighted by Gasteiger charge is -2.01. The quantitative estimate of drug-likeness (QED) is 0.705. The van der Waals surface area contributed by atoms with Crippen molar-refractivity contribution >= 4 is 24.2 Å². The maximum absolute atomic E-state index is 5.80. The Morgan fingerprint density at radius 2 is 2.08 bits per heavy atom. The van der Waals surface area contributed by atoms with Crippen molar-refractivity contribution in [2.24, 2.45) is 0 Å². The fraction of sp³-hybridized carbons (Fsp3) is 0. The topological polar surface area (TPSA) is 13.1 Å². The third kappa shape index (κ3) is 1.74. The normalized spacial score (nSPS) is 10.3. The molecular formula is C10H7ClOS. The fourth-order valence-electron chi connectivity index (χ4n) is 1.14. The first-order valence-electron chi connectivity index (χ1n) is 3.80. The molecule has 2 rings (SSSR count).